The van der Waals surface area contributed by atoms with E-state index in [0.717, 1.165) is 39.0 Å². The number of para-hydroxylation sites is 1. The second-order valence-corrected chi connectivity index (χ2v) is 7.83. The van der Waals surface area contributed by atoms with Gasteiger partial charge in [0.15, 0.2) is 0 Å². The fourth-order valence-corrected chi connectivity index (χ4v) is 3.80. The molecule has 1 fully saturated rings. The molecule has 30 heavy (non-hydrogen) atoms. The lowest BCUT2D eigenvalue weighted by molar-refractivity contribution is 0.102. The number of aromatic amines is 1. The van der Waals surface area contributed by atoms with E-state index in [1.165, 1.54) is 12.8 Å². The third kappa shape index (κ3) is 3.12. The number of amides is 1. The molecule has 0 radical (unpaired) electrons. The summed E-state index contributed by atoms with van der Waals surface area (Å²) in [6.07, 6.45) is 6.19. The first kappa shape index (κ1) is 18.4. The van der Waals surface area contributed by atoms with Crippen LogP contribution in [0, 0.1) is 13.8 Å². The molecule has 5 rings (SSSR count). The van der Waals surface area contributed by atoms with Crippen molar-refractivity contribution in [3.63, 3.8) is 0 Å². The number of benzene rings is 2. The average molecular weight is 401 g/mol. The molecule has 7 heteroatoms. The highest BCUT2D eigenvalue weighted by Crippen LogP contribution is 2.37. The van der Waals surface area contributed by atoms with Crippen LogP contribution in [-0.2, 0) is 0 Å². The molecule has 0 bridgehead atoms. The van der Waals surface area contributed by atoms with Crippen LogP contribution in [0.1, 0.15) is 40.4 Å². The topological polar surface area (TPSA) is 84.8 Å². The van der Waals surface area contributed by atoms with E-state index in [1.54, 1.807) is 7.11 Å². The normalized spacial score (nSPS) is 13.6. The van der Waals surface area contributed by atoms with Crippen LogP contribution >= 0.6 is 0 Å². The molecular formula is C23H23N5O2. The van der Waals surface area contributed by atoms with E-state index >= 15 is 0 Å². The maximum Gasteiger partial charge on any atom is 0.259 e. The van der Waals surface area contributed by atoms with Crippen LogP contribution in [0.4, 0.5) is 5.69 Å². The molecule has 2 aromatic carbocycles. The van der Waals surface area contributed by atoms with Crippen molar-refractivity contribution in [3.05, 3.63) is 59.4 Å². The van der Waals surface area contributed by atoms with E-state index in [0.29, 0.717) is 17.4 Å². The smallest absolute Gasteiger partial charge is 0.259 e. The van der Waals surface area contributed by atoms with Gasteiger partial charge in [-0.3, -0.25) is 14.6 Å². The Morgan fingerprint density at radius 2 is 2.00 bits per heavy atom. The number of nitrogens with zero attached hydrogens (tertiary/aromatic N) is 3. The third-order valence-corrected chi connectivity index (χ3v) is 5.64. The standard InChI is InChI=1S/C23H23N5O2/c1-13-5-4-6-14(2)21(13)25-23(29)18-9-17-19(10-20(18)30-3)26-27-22(17)15-11-24-28(12-15)16-7-8-16/h4-6,9-12,16H,7-8H2,1-3H3,(H,25,29)(H,26,27). The van der Waals surface area contributed by atoms with Crippen LogP contribution < -0.4 is 10.1 Å². The summed E-state index contributed by atoms with van der Waals surface area (Å²) >= 11 is 0. The molecule has 2 aromatic heterocycles. The Balaban J connectivity index is 1.56. The first-order valence-corrected chi connectivity index (χ1v) is 10.0. The second kappa shape index (κ2) is 7.02. The molecule has 0 atom stereocenters. The Kier molecular flexibility index (Phi) is 4.31. The molecule has 1 amide bonds. The number of hydrogen-bond acceptors (Lipinski definition) is 4. The molecule has 1 aliphatic carbocycles. The van der Waals surface area contributed by atoms with Crippen molar-refractivity contribution in [1.29, 1.82) is 0 Å². The number of carbonyl (C=O) groups is 1. The van der Waals surface area contributed by atoms with Crippen LogP contribution in [0.3, 0.4) is 0 Å². The summed E-state index contributed by atoms with van der Waals surface area (Å²) in [6.45, 7) is 3.96. The van der Waals surface area contributed by atoms with Gasteiger partial charge in [-0.25, -0.2) is 0 Å². The predicted octanol–water partition coefficient (Wildman–Crippen LogP) is 4.64. The maximum absolute atomic E-state index is 13.2. The number of H-pyrrole nitrogens is 1. The van der Waals surface area contributed by atoms with Crippen molar-refractivity contribution in [1.82, 2.24) is 20.0 Å². The van der Waals surface area contributed by atoms with Crippen molar-refractivity contribution >= 4 is 22.5 Å². The minimum atomic E-state index is -0.216. The molecule has 1 aliphatic rings. The van der Waals surface area contributed by atoms with Crippen LogP contribution in [0.5, 0.6) is 5.75 Å². The van der Waals surface area contributed by atoms with Crippen LogP contribution in [0.15, 0.2) is 42.7 Å². The predicted molar refractivity (Wildman–Crippen MR) is 116 cm³/mol. The third-order valence-electron chi connectivity index (χ3n) is 5.64. The lowest BCUT2D eigenvalue weighted by atomic mass is 10.0. The van der Waals surface area contributed by atoms with Gasteiger partial charge in [-0.05, 0) is 43.9 Å². The molecule has 0 aliphatic heterocycles. The van der Waals surface area contributed by atoms with Gasteiger partial charge in [-0.15, -0.1) is 0 Å². The zero-order valence-corrected chi connectivity index (χ0v) is 17.2. The Hall–Kier alpha value is -3.61. The monoisotopic (exact) mass is 401 g/mol. The molecular weight excluding hydrogens is 378 g/mol. The molecule has 1 saturated carbocycles. The number of anilines is 1. The van der Waals surface area contributed by atoms with E-state index < -0.39 is 0 Å². The number of aromatic nitrogens is 4. The van der Waals surface area contributed by atoms with Crippen LogP contribution in [0.2, 0.25) is 0 Å². The van der Waals surface area contributed by atoms with Gasteiger partial charge in [0, 0.05) is 28.9 Å². The number of ether oxygens (including phenoxy) is 1. The largest absolute Gasteiger partial charge is 0.496 e. The second-order valence-electron chi connectivity index (χ2n) is 7.83. The quantitative estimate of drug-likeness (QED) is 0.510. The highest BCUT2D eigenvalue weighted by molar-refractivity contribution is 6.10. The van der Waals surface area contributed by atoms with Gasteiger partial charge in [0.1, 0.15) is 11.4 Å². The van der Waals surface area contributed by atoms with Gasteiger partial charge < -0.3 is 10.1 Å². The zero-order chi connectivity index (χ0) is 20.8. The molecule has 4 aromatic rings. The van der Waals surface area contributed by atoms with Gasteiger partial charge in [-0.1, -0.05) is 18.2 Å². The molecule has 0 saturated heterocycles. The highest BCUT2D eigenvalue weighted by atomic mass is 16.5. The molecule has 2 N–H and O–H groups in total. The van der Waals surface area contributed by atoms with Crippen molar-refractivity contribution < 1.29 is 9.53 Å². The highest BCUT2D eigenvalue weighted by Gasteiger charge is 2.25. The molecule has 2 heterocycles. The van der Waals surface area contributed by atoms with E-state index in [2.05, 4.69) is 20.6 Å². The van der Waals surface area contributed by atoms with Gasteiger partial charge in [-0.2, -0.15) is 10.2 Å². The summed E-state index contributed by atoms with van der Waals surface area (Å²) in [5, 5.41) is 15.9. The number of carbonyl (C=O) groups excluding carboxylic acids is 1. The fraction of sp³-hybridized carbons (Fsp3) is 0.261. The van der Waals surface area contributed by atoms with Crippen molar-refractivity contribution in [3.8, 4) is 17.0 Å². The number of methoxy groups -OCH3 is 1. The maximum atomic E-state index is 13.2. The Bertz CT molecular complexity index is 1250. The first-order chi connectivity index (χ1) is 14.5. The lowest BCUT2D eigenvalue weighted by Gasteiger charge is -2.13. The average Bonchev–Trinajstić information content (AvgIpc) is 3.33. The Labute approximate surface area is 174 Å². The first-order valence-electron chi connectivity index (χ1n) is 10.0. The van der Waals surface area contributed by atoms with Crippen molar-refractivity contribution in [2.75, 3.05) is 12.4 Å². The number of aryl methyl sites for hydroxylation is 2. The number of nitrogens with one attached hydrogen (secondary N) is 2. The summed E-state index contributed by atoms with van der Waals surface area (Å²) in [6, 6.07) is 10.1. The zero-order valence-electron chi connectivity index (χ0n) is 17.2. The van der Waals surface area contributed by atoms with Gasteiger partial charge >= 0.3 is 0 Å². The summed E-state index contributed by atoms with van der Waals surface area (Å²) in [5.41, 5.74) is 5.83. The van der Waals surface area contributed by atoms with Crippen molar-refractivity contribution in [2.45, 2.75) is 32.7 Å². The van der Waals surface area contributed by atoms with Crippen LogP contribution in [-0.4, -0.2) is 33.0 Å². The van der Waals surface area contributed by atoms with E-state index in [1.807, 2.05) is 61.3 Å². The van der Waals surface area contributed by atoms with E-state index in [-0.39, 0.29) is 5.91 Å². The molecule has 7 nitrogen and oxygen atoms in total. The van der Waals surface area contributed by atoms with Gasteiger partial charge in [0.2, 0.25) is 0 Å². The summed E-state index contributed by atoms with van der Waals surface area (Å²) in [7, 11) is 1.56. The van der Waals surface area contributed by atoms with E-state index in [4.69, 9.17) is 4.74 Å². The van der Waals surface area contributed by atoms with Gasteiger partial charge in [0.05, 0.1) is 30.4 Å². The SMILES string of the molecule is COc1cc2[nH]nc(-c3cnn(C4CC4)c3)c2cc1C(=O)Nc1c(C)cccc1C. The number of rotatable bonds is 5. The molecule has 0 spiro atoms. The Morgan fingerprint density at radius 3 is 2.70 bits per heavy atom. The summed E-state index contributed by atoms with van der Waals surface area (Å²) in [4.78, 5) is 13.2. The van der Waals surface area contributed by atoms with Crippen molar-refractivity contribution in [2.24, 2.45) is 0 Å². The lowest BCUT2D eigenvalue weighted by Crippen LogP contribution is -2.15. The fourth-order valence-electron chi connectivity index (χ4n) is 3.80. The number of fused-ring (bicyclic) bond motifs is 1. The van der Waals surface area contributed by atoms with Crippen LogP contribution in [0.25, 0.3) is 22.2 Å². The summed E-state index contributed by atoms with van der Waals surface area (Å²) < 4.78 is 7.50. The van der Waals surface area contributed by atoms with E-state index in [9.17, 15) is 4.79 Å². The Morgan fingerprint density at radius 1 is 1.23 bits per heavy atom. The van der Waals surface area contributed by atoms with Gasteiger partial charge in [0.25, 0.3) is 5.91 Å². The summed E-state index contributed by atoms with van der Waals surface area (Å²) in [5.74, 6) is 0.280. The minimum Gasteiger partial charge on any atom is -0.496 e. The molecule has 0 unspecified atom stereocenters. The molecule has 152 valence electrons. The number of hydrogen-bond donors (Lipinski definition) is 2. The minimum absolute atomic E-state index is 0.216.